The molecule has 0 aliphatic carbocycles. The molecular weight excluding hydrogens is 118 g/mol. The Labute approximate surface area is 54.5 Å². The topological polar surface area (TPSA) is 21.7 Å². The lowest BCUT2D eigenvalue weighted by molar-refractivity contribution is -0.293. The molecule has 52 valence electrons. The Kier molecular flexibility index (Phi) is 1.06. The van der Waals surface area contributed by atoms with Crippen molar-refractivity contribution in [2.75, 3.05) is 33.4 Å². The monoisotopic (exact) mass is 129 g/mol. The quantitative estimate of drug-likeness (QED) is 0.492. The summed E-state index contributed by atoms with van der Waals surface area (Å²) in [6.45, 7) is 3.99. The van der Waals surface area contributed by atoms with Crippen molar-refractivity contribution in [1.82, 2.24) is 5.06 Å². The van der Waals surface area contributed by atoms with Gasteiger partial charge in [0.15, 0.2) is 0 Å². The molecule has 9 heavy (non-hydrogen) atoms. The number of rotatable bonds is 1. The van der Waals surface area contributed by atoms with Crippen LogP contribution in [0.3, 0.4) is 0 Å². The fourth-order valence-electron chi connectivity index (χ4n) is 1.40. The van der Waals surface area contributed by atoms with E-state index < -0.39 is 0 Å². The van der Waals surface area contributed by atoms with E-state index in [9.17, 15) is 0 Å². The molecule has 2 saturated heterocycles. The Hall–Kier alpha value is -0.120. The van der Waals surface area contributed by atoms with Crippen molar-refractivity contribution < 1.29 is 9.57 Å². The van der Waals surface area contributed by atoms with Gasteiger partial charge in [0, 0.05) is 18.5 Å². The predicted molar refractivity (Wildman–Crippen MR) is 31.8 cm³/mol. The molecule has 1 spiro atoms. The number of nitrogens with zero attached hydrogens (tertiary/aromatic N) is 1. The number of hydrogen-bond donors (Lipinski definition) is 0. The molecule has 0 radical (unpaired) electrons. The number of hydroxylamine groups is 2. The molecule has 0 atom stereocenters. The Morgan fingerprint density at radius 3 is 2.44 bits per heavy atom. The van der Waals surface area contributed by atoms with Gasteiger partial charge >= 0.3 is 0 Å². The van der Waals surface area contributed by atoms with Crippen molar-refractivity contribution in [2.45, 2.75) is 0 Å². The predicted octanol–water partition coefficient (Wildman–Crippen LogP) is -0.120. The molecule has 0 N–H and O–H groups in total. The molecule has 3 heteroatoms. The maximum Gasteiger partial charge on any atom is 0.0575 e. The van der Waals surface area contributed by atoms with Gasteiger partial charge in [-0.25, -0.2) is 0 Å². The van der Waals surface area contributed by atoms with Crippen LogP contribution in [-0.4, -0.2) is 38.5 Å². The van der Waals surface area contributed by atoms with Gasteiger partial charge in [0.05, 0.1) is 20.3 Å². The first-order valence-corrected chi connectivity index (χ1v) is 3.21. The zero-order valence-electron chi connectivity index (χ0n) is 5.59. The van der Waals surface area contributed by atoms with Crippen molar-refractivity contribution in [3.63, 3.8) is 0 Å². The molecule has 2 rings (SSSR count). The maximum atomic E-state index is 5.09. The Bertz CT molecular complexity index is 114. The Morgan fingerprint density at radius 1 is 1.44 bits per heavy atom. The molecule has 3 nitrogen and oxygen atoms in total. The lowest BCUT2D eigenvalue weighted by Gasteiger charge is -2.53. The maximum absolute atomic E-state index is 5.09. The first-order chi connectivity index (χ1) is 4.35. The zero-order valence-corrected chi connectivity index (χ0v) is 5.59. The summed E-state index contributed by atoms with van der Waals surface area (Å²) in [5, 5.41) is 1.96. The summed E-state index contributed by atoms with van der Waals surface area (Å²) in [7, 11) is 1.71. The van der Waals surface area contributed by atoms with Crippen LogP contribution in [0.2, 0.25) is 0 Å². The van der Waals surface area contributed by atoms with Crippen molar-refractivity contribution in [1.29, 1.82) is 0 Å². The average molecular weight is 129 g/mol. The van der Waals surface area contributed by atoms with Gasteiger partial charge in [-0.05, 0) is 0 Å². The summed E-state index contributed by atoms with van der Waals surface area (Å²) in [5.41, 5.74) is 0.496. The Balaban J connectivity index is 1.82. The van der Waals surface area contributed by atoms with E-state index in [1.54, 1.807) is 7.11 Å². The second-order valence-corrected chi connectivity index (χ2v) is 2.97. The van der Waals surface area contributed by atoms with Crippen LogP contribution in [0, 0.1) is 5.41 Å². The van der Waals surface area contributed by atoms with Crippen LogP contribution in [0.1, 0.15) is 0 Å². The van der Waals surface area contributed by atoms with E-state index in [0.29, 0.717) is 5.41 Å². The minimum Gasteiger partial charge on any atom is -0.380 e. The summed E-state index contributed by atoms with van der Waals surface area (Å²) in [5.74, 6) is 0. The van der Waals surface area contributed by atoms with E-state index in [-0.39, 0.29) is 0 Å². The molecule has 0 aromatic heterocycles. The highest BCUT2D eigenvalue weighted by atomic mass is 16.7. The van der Waals surface area contributed by atoms with Gasteiger partial charge in [0.1, 0.15) is 0 Å². The Morgan fingerprint density at radius 2 is 2.11 bits per heavy atom. The van der Waals surface area contributed by atoms with E-state index in [1.807, 2.05) is 5.06 Å². The molecular formula is C6H11NO2. The summed E-state index contributed by atoms with van der Waals surface area (Å²) < 4.78 is 5.09. The van der Waals surface area contributed by atoms with Crippen molar-refractivity contribution in [2.24, 2.45) is 5.41 Å². The van der Waals surface area contributed by atoms with Crippen LogP contribution in [0.4, 0.5) is 0 Å². The summed E-state index contributed by atoms with van der Waals surface area (Å²) >= 11 is 0. The number of hydrogen-bond acceptors (Lipinski definition) is 3. The lowest BCUT2D eigenvalue weighted by Crippen LogP contribution is -2.65. The molecule has 0 unspecified atom stereocenters. The first kappa shape index (κ1) is 5.65. The molecule has 2 aliphatic heterocycles. The smallest absolute Gasteiger partial charge is 0.0575 e. The van der Waals surface area contributed by atoms with Crippen LogP contribution < -0.4 is 0 Å². The van der Waals surface area contributed by atoms with Crippen molar-refractivity contribution in [3.05, 3.63) is 0 Å². The van der Waals surface area contributed by atoms with Gasteiger partial charge in [0.2, 0.25) is 0 Å². The van der Waals surface area contributed by atoms with E-state index >= 15 is 0 Å². The van der Waals surface area contributed by atoms with E-state index in [2.05, 4.69) is 0 Å². The van der Waals surface area contributed by atoms with Gasteiger partial charge in [0.25, 0.3) is 0 Å². The van der Waals surface area contributed by atoms with Gasteiger partial charge in [-0.15, -0.1) is 0 Å². The van der Waals surface area contributed by atoms with E-state index in [0.717, 1.165) is 26.3 Å². The van der Waals surface area contributed by atoms with Crippen molar-refractivity contribution in [3.8, 4) is 0 Å². The van der Waals surface area contributed by atoms with Gasteiger partial charge in [-0.1, -0.05) is 0 Å². The lowest BCUT2D eigenvalue weighted by atomic mass is 9.80. The standard InChI is InChI=1S/C6H11NO2/c1-8-7-2-6(3-7)4-9-5-6/h2-5H2,1H3. The molecule has 0 amide bonds. The van der Waals surface area contributed by atoms with Crippen LogP contribution >= 0.6 is 0 Å². The first-order valence-electron chi connectivity index (χ1n) is 3.21. The largest absolute Gasteiger partial charge is 0.380 e. The number of ether oxygens (including phenoxy) is 1. The third-order valence-electron chi connectivity index (χ3n) is 2.10. The van der Waals surface area contributed by atoms with E-state index in [4.69, 9.17) is 9.57 Å². The minimum absolute atomic E-state index is 0.496. The van der Waals surface area contributed by atoms with E-state index in [1.165, 1.54) is 0 Å². The van der Waals surface area contributed by atoms with Gasteiger partial charge in [-0.2, -0.15) is 5.06 Å². The molecule has 0 saturated carbocycles. The van der Waals surface area contributed by atoms with Crippen molar-refractivity contribution >= 4 is 0 Å². The second-order valence-electron chi connectivity index (χ2n) is 2.97. The van der Waals surface area contributed by atoms with Gasteiger partial charge < -0.3 is 9.57 Å². The third kappa shape index (κ3) is 0.689. The molecule has 0 bridgehead atoms. The summed E-state index contributed by atoms with van der Waals surface area (Å²) in [6, 6.07) is 0. The molecule has 0 aromatic rings. The van der Waals surface area contributed by atoms with Crippen LogP contribution in [0.15, 0.2) is 0 Å². The summed E-state index contributed by atoms with van der Waals surface area (Å²) in [6.07, 6.45) is 0. The highest BCUT2D eigenvalue weighted by Gasteiger charge is 2.49. The molecule has 2 fully saturated rings. The third-order valence-corrected chi connectivity index (χ3v) is 2.10. The highest BCUT2D eigenvalue weighted by Crippen LogP contribution is 2.36. The van der Waals surface area contributed by atoms with Gasteiger partial charge in [-0.3, -0.25) is 0 Å². The van der Waals surface area contributed by atoms with Crippen LogP contribution in [-0.2, 0) is 9.57 Å². The minimum atomic E-state index is 0.496. The fraction of sp³-hybridized carbons (Fsp3) is 1.00. The molecule has 2 heterocycles. The molecule has 2 aliphatic rings. The zero-order chi connectivity index (χ0) is 6.32. The average Bonchev–Trinajstić information content (AvgIpc) is 1.59. The summed E-state index contributed by atoms with van der Waals surface area (Å²) in [4.78, 5) is 5.00. The highest BCUT2D eigenvalue weighted by molar-refractivity contribution is 4.96. The van der Waals surface area contributed by atoms with Crippen LogP contribution in [0.25, 0.3) is 0 Å². The fourth-order valence-corrected chi connectivity index (χ4v) is 1.40. The molecule has 0 aromatic carbocycles. The second kappa shape index (κ2) is 1.68. The van der Waals surface area contributed by atoms with Crippen LogP contribution in [0.5, 0.6) is 0 Å². The SMILES string of the molecule is CON1CC2(COC2)C1. The normalized spacial score (nSPS) is 31.7.